The highest BCUT2D eigenvalue weighted by Gasteiger charge is 2.52. The number of amides is 1. The first-order valence-electron chi connectivity index (χ1n) is 8.19. The number of methoxy groups -OCH3 is 1. The number of nitrogens with zero attached hydrogens (tertiary/aromatic N) is 2. The zero-order valence-corrected chi connectivity index (χ0v) is 14.9. The Morgan fingerprint density at radius 1 is 1.38 bits per heavy atom. The van der Waals surface area contributed by atoms with E-state index in [0.29, 0.717) is 38.3 Å². The molecule has 0 aromatic carbocycles. The molecule has 2 aliphatic rings. The summed E-state index contributed by atoms with van der Waals surface area (Å²) in [6, 6.07) is 3.23. The molecule has 1 aromatic rings. The maximum Gasteiger partial charge on any atom is 0.289 e. The van der Waals surface area contributed by atoms with E-state index < -0.39 is 15.6 Å². The normalized spacial score (nSPS) is 24.6. The van der Waals surface area contributed by atoms with Crippen molar-refractivity contribution in [2.24, 2.45) is 0 Å². The molecule has 2 saturated heterocycles. The van der Waals surface area contributed by atoms with Crippen molar-refractivity contribution in [1.29, 1.82) is 0 Å². The molecule has 1 atom stereocenters. The quantitative estimate of drug-likeness (QED) is 0.813. The van der Waals surface area contributed by atoms with Crippen molar-refractivity contribution >= 4 is 15.9 Å². The summed E-state index contributed by atoms with van der Waals surface area (Å²) in [6.45, 7) is 1.47. The molecule has 8 heteroatoms. The molecule has 1 aromatic heterocycles. The summed E-state index contributed by atoms with van der Waals surface area (Å²) in [4.78, 5) is 14.1. The SMILES string of the molecule is COC[C@H]1CCC2(CCN(C(=O)c3ccco3)CC2)N1S(C)(=O)=O. The molecule has 0 bridgehead atoms. The number of piperidine rings is 1. The van der Waals surface area contributed by atoms with Gasteiger partial charge in [0.15, 0.2) is 5.76 Å². The van der Waals surface area contributed by atoms with Gasteiger partial charge < -0.3 is 14.1 Å². The first-order valence-corrected chi connectivity index (χ1v) is 10.0. The summed E-state index contributed by atoms with van der Waals surface area (Å²) < 4.78 is 36.8. The molecule has 1 amide bonds. The van der Waals surface area contributed by atoms with Gasteiger partial charge in [0.25, 0.3) is 5.91 Å². The Labute approximate surface area is 142 Å². The predicted octanol–water partition coefficient (Wildman–Crippen LogP) is 1.32. The molecule has 7 nitrogen and oxygen atoms in total. The third kappa shape index (κ3) is 3.10. The van der Waals surface area contributed by atoms with Gasteiger partial charge in [-0.2, -0.15) is 4.31 Å². The second-order valence-electron chi connectivity index (χ2n) is 6.70. The molecule has 0 saturated carbocycles. The molecule has 3 rings (SSSR count). The van der Waals surface area contributed by atoms with Crippen LogP contribution in [0.1, 0.15) is 36.2 Å². The van der Waals surface area contributed by atoms with E-state index in [-0.39, 0.29) is 11.9 Å². The Morgan fingerprint density at radius 2 is 2.08 bits per heavy atom. The van der Waals surface area contributed by atoms with E-state index in [1.165, 1.54) is 12.5 Å². The van der Waals surface area contributed by atoms with Gasteiger partial charge in [-0.25, -0.2) is 8.42 Å². The van der Waals surface area contributed by atoms with Crippen molar-refractivity contribution in [2.45, 2.75) is 37.3 Å². The molecule has 2 aliphatic heterocycles. The lowest BCUT2D eigenvalue weighted by Gasteiger charge is -2.45. The van der Waals surface area contributed by atoms with Crippen LogP contribution < -0.4 is 0 Å². The van der Waals surface area contributed by atoms with Gasteiger partial charge in [-0.1, -0.05) is 0 Å². The number of rotatable bonds is 4. The molecule has 134 valence electrons. The van der Waals surface area contributed by atoms with E-state index in [4.69, 9.17) is 9.15 Å². The maximum atomic E-state index is 12.4. The van der Waals surface area contributed by atoms with Gasteiger partial charge in [-0.05, 0) is 37.8 Å². The summed E-state index contributed by atoms with van der Waals surface area (Å²) >= 11 is 0. The van der Waals surface area contributed by atoms with E-state index >= 15 is 0 Å². The number of carbonyl (C=O) groups is 1. The summed E-state index contributed by atoms with van der Waals surface area (Å²) in [5.74, 6) is 0.196. The average Bonchev–Trinajstić information content (AvgIpc) is 3.16. The fourth-order valence-electron chi connectivity index (χ4n) is 4.17. The second-order valence-corrected chi connectivity index (χ2v) is 8.56. The third-order valence-electron chi connectivity index (χ3n) is 5.17. The monoisotopic (exact) mass is 356 g/mol. The second kappa shape index (κ2) is 6.50. The number of ether oxygens (including phenoxy) is 1. The van der Waals surface area contributed by atoms with Crippen LogP contribution in [0.25, 0.3) is 0 Å². The van der Waals surface area contributed by atoms with Gasteiger partial charge in [0.2, 0.25) is 10.0 Å². The van der Waals surface area contributed by atoms with E-state index in [1.54, 1.807) is 28.4 Å². The Morgan fingerprint density at radius 3 is 2.62 bits per heavy atom. The molecule has 0 N–H and O–H groups in total. The number of carbonyl (C=O) groups excluding carboxylic acids is 1. The van der Waals surface area contributed by atoms with Crippen molar-refractivity contribution < 1.29 is 22.4 Å². The molecular weight excluding hydrogens is 332 g/mol. The lowest BCUT2D eigenvalue weighted by Crippen LogP contribution is -2.57. The minimum Gasteiger partial charge on any atom is -0.459 e. The van der Waals surface area contributed by atoms with Crippen LogP contribution in [0.2, 0.25) is 0 Å². The first kappa shape index (κ1) is 17.4. The van der Waals surface area contributed by atoms with Crippen molar-refractivity contribution in [3.63, 3.8) is 0 Å². The molecule has 1 spiro atoms. The predicted molar refractivity (Wildman–Crippen MR) is 88.2 cm³/mol. The third-order valence-corrected chi connectivity index (χ3v) is 6.57. The number of furan rings is 1. The highest BCUT2D eigenvalue weighted by molar-refractivity contribution is 7.88. The molecular formula is C16H24N2O5S. The number of hydrogen-bond acceptors (Lipinski definition) is 5. The van der Waals surface area contributed by atoms with Crippen molar-refractivity contribution in [3.8, 4) is 0 Å². The Kier molecular flexibility index (Phi) is 4.72. The fraction of sp³-hybridized carbons (Fsp3) is 0.688. The van der Waals surface area contributed by atoms with Gasteiger partial charge in [0, 0.05) is 31.8 Å². The zero-order valence-electron chi connectivity index (χ0n) is 14.1. The molecule has 3 heterocycles. The first-order chi connectivity index (χ1) is 11.4. The summed E-state index contributed by atoms with van der Waals surface area (Å²) in [5.41, 5.74) is -0.392. The summed E-state index contributed by atoms with van der Waals surface area (Å²) in [7, 11) is -1.74. The Bertz CT molecular complexity index is 677. The van der Waals surface area contributed by atoms with Gasteiger partial charge >= 0.3 is 0 Å². The van der Waals surface area contributed by atoms with Gasteiger partial charge in [-0.15, -0.1) is 0 Å². The van der Waals surface area contributed by atoms with Crippen LogP contribution in [0, 0.1) is 0 Å². The van der Waals surface area contributed by atoms with Crippen LogP contribution in [0.3, 0.4) is 0 Å². The largest absolute Gasteiger partial charge is 0.459 e. The standard InChI is InChI=1S/C16H24N2O5S/c1-22-12-13-5-6-16(18(13)24(2,20)21)7-9-17(10-8-16)15(19)14-4-3-11-23-14/h3-4,11,13H,5-10,12H2,1-2H3/t13-/m1/s1. The smallest absolute Gasteiger partial charge is 0.289 e. The fourth-order valence-corrected chi connectivity index (χ4v) is 5.85. The minimum atomic E-state index is -3.33. The summed E-state index contributed by atoms with van der Waals surface area (Å²) in [6.07, 6.45) is 5.66. The van der Waals surface area contributed by atoms with Crippen LogP contribution in [0.15, 0.2) is 22.8 Å². The lowest BCUT2D eigenvalue weighted by atomic mass is 9.86. The Hall–Kier alpha value is -1.38. The molecule has 2 fully saturated rings. The number of sulfonamides is 1. The van der Waals surface area contributed by atoms with Crippen LogP contribution in [-0.4, -0.2) is 68.2 Å². The van der Waals surface area contributed by atoms with Crippen molar-refractivity contribution in [2.75, 3.05) is 33.1 Å². The average molecular weight is 356 g/mol. The summed E-state index contributed by atoms with van der Waals surface area (Å²) in [5, 5.41) is 0. The lowest BCUT2D eigenvalue weighted by molar-refractivity contribution is 0.0481. The van der Waals surface area contributed by atoms with Crippen LogP contribution >= 0.6 is 0 Å². The molecule has 0 radical (unpaired) electrons. The topological polar surface area (TPSA) is 80.1 Å². The van der Waals surface area contributed by atoms with Crippen molar-refractivity contribution in [3.05, 3.63) is 24.2 Å². The van der Waals surface area contributed by atoms with E-state index in [9.17, 15) is 13.2 Å². The van der Waals surface area contributed by atoms with Gasteiger partial charge in [0.05, 0.1) is 19.1 Å². The van der Waals surface area contributed by atoms with Gasteiger partial charge in [0.1, 0.15) is 0 Å². The van der Waals surface area contributed by atoms with E-state index in [1.807, 2.05) is 0 Å². The highest BCUT2D eigenvalue weighted by Crippen LogP contribution is 2.43. The maximum absolute atomic E-state index is 12.4. The molecule has 24 heavy (non-hydrogen) atoms. The van der Waals surface area contributed by atoms with Crippen LogP contribution in [0.5, 0.6) is 0 Å². The minimum absolute atomic E-state index is 0.114. The number of hydrogen-bond donors (Lipinski definition) is 0. The van der Waals surface area contributed by atoms with Crippen molar-refractivity contribution in [1.82, 2.24) is 9.21 Å². The van der Waals surface area contributed by atoms with Gasteiger partial charge in [-0.3, -0.25) is 4.79 Å². The van der Waals surface area contributed by atoms with Crippen LogP contribution in [-0.2, 0) is 14.8 Å². The Balaban J connectivity index is 1.75. The molecule has 0 aliphatic carbocycles. The molecule has 0 unspecified atom stereocenters. The zero-order chi connectivity index (χ0) is 17.4. The van der Waals surface area contributed by atoms with E-state index in [0.717, 1.165) is 12.8 Å². The highest BCUT2D eigenvalue weighted by atomic mass is 32.2. The van der Waals surface area contributed by atoms with E-state index in [2.05, 4.69) is 0 Å². The number of likely N-dealkylation sites (tertiary alicyclic amines) is 1. The van der Waals surface area contributed by atoms with Crippen LogP contribution in [0.4, 0.5) is 0 Å².